The van der Waals surface area contributed by atoms with Crippen LogP contribution in [0.15, 0.2) is 30.3 Å². The predicted octanol–water partition coefficient (Wildman–Crippen LogP) is 2.14. The van der Waals surface area contributed by atoms with Crippen LogP contribution in [0.5, 0.6) is 0 Å². The molecule has 0 bridgehead atoms. The van der Waals surface area contributed by atoms with Crippen LogP contribution in [0.25, 0.3) is 0 Å². The Kier molecular flexibility index (Phi) is 4.76. The second-order valence-electron chi connectivity index (χ2n) is 6.41. The highest BCUT2D eigenvalue weighted by Crippen LogP contribution is 2.29. The van der Waals surface area contributed by atoms with E-state index in [9.17, 15) is 9.59 Å². The molecule has 0 aromatic heterocycles. The maximum Gasteiger partial charge on any atom is 0.245 e. The van der Waals surface area contributed by atoms with Gasteiger partial charge in [0.05, 0.1) is 0 Å². The zero-order valence-corrected chi connectivity index (χ0v) is 13.0. The molecule has 0 radical (unpaired) electrons. The minimum Gasteiger partial charge on any atom is -0.344 e. The highest BCUT2D eigenvalue weighted by Gasteiger charge is 2.34. The van der Waals surface area contributed by atoms with Gasteiger partial charge in [0.2, 0.25) is 11.8 Å². The van der Waals surface area contributed by atoms with Gasteiger partial charge in [-0.1, -0.05) is 30.3 Å². The quantitative estimate of drug-likeness (QED) is 0.905. The number of nitrogens with zero attached hydrogens (tertiary/aromatic N) is 1. The molecular weight excluding hydrogens is 276 g/mol. The van der Waals surface area contributed by atoms with Crippen LogP contribution in [0.3, 0.4) is 0 Å². The molecule has 1 aromatic rings. The summed E-state index contributed by atoms with van der Waals surface area (Å²) < 4.78 is 0. The van der Waals surface area contributed by atoms with Gasteiger partial charge in [-0.25, -0.2) is 0 Å². The molecule has 1 aliphatic carbocycles. The lowest BCUT2D eigenvalue weighted by atomic mass is 10.0. The Hall–Kier alpha value is -1.84. The fourth-order valence-corrected chi connectivity index (χ4v) is 3.02. The van der Waals surface area contributed by atoms with Gasteiger partial charge in [-0.15, -0.1) is 0 Å². The van der Waals surface area contributed by atoms with Gasteiger partial charge >= 0.3 is 0 Å². The third-order valence-corrected chi connectivity index (χ3v) is 4.51. The molecule has 22 heavy (non-hydrogen) atoms. The molecule has 1 aromatic carbocycles. The van der Waals surface area contributed by atoms with Crippen molar-refractivity contribution in [1.82, 2.24) is 10.2 Å². The third-order valence-electron chi connectivity index (χ3n) is 4.51. The molecule has 1 aliphatic heterocycles. The van der Waals surface area contributed by atoms with Gasteiger partial charge < -0.3 is 10.2 Å². The first-order valence-corrected chi connectivity index (χ1v) is 8.37. The van der Waals surface area contributed by atoms with Crippen molar-refractivity contribution in [2.24, 2.45) is 5.92 Å². The molecule has 1 atom stereocenters. The van der Waals surface area contributed by atoms with Crippen molar-refractivity contribution in [2.75, 3.05) is 13.1 Å². The Balaban J connectivity index is 1.69. The van der Waals surface area contributed by atoms with Crippen molar-refractivity contribution in [3.05, 3.63) is 35.9 Å². The summed E-state index contributed by atoms with van der Waals surface area (Å²) in [6.45, 7) is 1.65. The van der Waals surface area contributed by atoms with E-state index in [1.807, 2.05) is 35.2 Å². The first-order chi connectivity index (χ1) is 10.7. The largest absolute Gasteiger partial charge is 0.344 e. The Bertz CT molecular complexity index is 519. The molecule has 1 N–H and O–H groups in total. The number of hydrogen-bond donors (Lipinski definition) is 1. The molecular formula is C18H24N2O2. The van der Waals surface area contributed by atoms with Crippen molar-refractivity contribution in [1.29, 1.82) is 0 Å². The molecule has 3 rings (SSSR count). The molecule has 0 unspecified atom stereocenters. The van der Waals surface area contributed by atoms with Crippen LogP contribution in [0.2, 0.25) is 0 Å². The van der Waals surface area contributed by atoms with E-state index in [0.29, 0.717) is 6.42 Å². The van der Waals surface area contributed by atoms with E-state index in [-0.39, 0.29) is 17.7 Å². The van der Waals surface area contributed by atoms with E-state index in [0.717, 1.165) is 44.3 Å². The number of nitrogens with one attached hydrogen (secondary N) is 1. The van der Waals surface area contributed by atoms with Gasteiger partial charge in [0.1, 0.15) is 6.04 Å². The topological polar surface area (TPSA) is 49.4 Å². The molecule has 2 aliphatic rings. The summed E-state index contributed by atoms with van der Waals surface area (Å²) in [6, 6.07) is 9.52. The molecule has 1 saturated heterocycles. The highest BCUT2D eigenvalue weighted by atomic mass is 16.2. The Labute approximate surface area is 131 Å². The van der Waals surface area contributed by atoms with Crippen molar-refractivity contribution in [2.45, 2.75) is 44.6 Å². The van der Waals surface area contributed by atoms with Crippen molar-refractivity contribution < 1.29 is 9.59 Å². The second kappa shape index (κ2) is 6.95. The van der Waals surface area contributed by atoms with Crippen LogP contribution in [-0.4, -0.2) is 35.8 Å². The maximum absolute atomic E-state index is 12.8. The summed E-state index contributed by atoms with van der Waals surface area (Å²) >= 11 is 0. The summed E-state index contributed by atoms with van der Waals surface area (Å²) in [5, 5.41) is 2.99. The molecule has 1 saturated carbocycles. The lowest BCUT2D eigenvalue weighted by Crippen LogP contribution is -2.51. The molecule has 2 fully saturated rings. The molecule has 2 amide bonds. The summed E-state index contributed by atoms with van der Waals surface area (Å²) in [4.78, 5) is 26.8. The number of carbonyl (C=O) groups excluding carboxylic acids is 2. The predicted molar refractivity (Wildman–Crippen MR) is 85.2 cm³/mol. The van der Waals surface area contributed by atoms with Crippen molar-refractivity contribution in [3.8, 4) is 0 Å². The monoisotopic (exact) mass is 300 g/mol. The zero-order chi connectivity index (χ0) is 15.4. The summed E-state index contributed by atoms with van der Waals surface area (Å²) in [5.74, 6) is 0.260. The zero-order valence-electron chi connectivity index (χ0n) is 13.0. The molecule has 4 nitrogen and oxygen atoms in total. The number of hydrogen-bond acceptors (Lipinski definition) is 2. The molecule has 4 heteroatoms. The minimum absolute atomic E-state index is 0.0475. The first kappa shape index (κ1) is 15.1. The van der Waals surface area contributed by atoms with Gasteiger partial charge in [0.25, 0.3) is 0 Å². The number of benzene rings is 1. The van der Waals surface area contributed by atoms with Crippen LogP contribution in [0.1, 0.15) is 37.7 Å². The summed E-state index contributed by atoms with van der Waals surface area (Å²) in [7, 11) is 0. The number of amides is 2. The second-order valence-corrected chi connectivity index (χ2v) is 6.41. The van der Waals surface area contributed by atoms with E-state index >= 15 is 0 Å². The molecule has 0 spiro atoms. The third kappa shape index (κ3) is 3.87. The first-order valence-electron chi connectivity index (χ1n) is 8.37. The van der Waals surface area contributed by atoms with Gasteiger partial charge in [-0.3, -0.25) is 9.59 Å². The van der Waals surface area contributed by atoms with E-state index in [1.54, 1.807) is 0 Å². The van der Waals surface area contributed by atoms with Crippen LogP contribution in [0.4, 0.5) is 0 Å². The van der Waals surface area contributed by atoms with Crippen LogP contribution >= 0.6 is 0 Å². The standard InChI is InChI=1S/C18H24N2O2/c21-17(15-9-10-15)19-16(13-14-7-3-1-4-8-14)18(22)20-11-5-2-6-12-20/h1,3-4,7-8,15-16H,2,5-6,9-13H2,(H,19,21)/t16-/m1/s1. The minimum atomic E-state index is -0.423. The van der Waals surface area contributed by atoms with Crippen molar-refractivity contribution in [3.63, 3.8) is 0 Å². The average molecular weight is 300 g/mol. The number of piperidine rings is 1. The Morgan fingerprint density at radius 2 is 1.77 bits per heavy atom. The van der Waals surface area contributed by atoms with E-state index < -0.39 is 6.04 Å². The van der Waals surface area contributed by atoms with Crippen LogP contribution < -0.4 is 5.32 Å². The van der Waals surface area contributed by atoms with Gasteiger partial charge in [0, 0.05) is 25.4 Å². The van der Waals surface area contributed by atoms with E-state index in [1.165, 1.54) is 6.42 Å². The smallest absolute Gasteiger partial charge is 0.245 e. The van der Waals surface area contributed by atoms with E-state index in [4.69, 9.17) is 0 Å². The van der Waals surface area contributed by atoms with Gasteiger partial charge in [-0.05, 0) is 37.7 Å². The Morgan fingerprint density at radius 1 is 1.09 bits per heavy atom. The molecule has 118 valence electrons. The Morgan fingerprint density at radius 3 is 2.41 bits per heavy atom. The fraction of sp³-hybridized carbons (Fsp3) is 0.556. The van der Waals surface area contributed by atoms with Crippen LogP contribution in [-0.2, 0) is 16.0 Å². The summed E-state index contributed by atoms with van der Waals surface area (Å²) in [5.41, 5.74) is 1.09. The summed E-state index contributed by atoms with van der Waals surface area (Å²) in [6.07, 6.45) is 5.83. The lowest BCUT2D eigenvalue weighted by molar-refractivity contribution is -0.137. The normalized spacial score (nSPS) is 19.5. The van der Waals surface area contributed by atoms with Crippen LogP contribution in [0, 0.1) is 5.92 Å². The van der Waals surface area contributed by atoms with Gasteiger partial charge in [-0.2, -0.15) is 0 Å². The highest BCUT2D eigenvalue weighted by molar-refractivity contribution is 5.89. The fourth-order valence-electron chi connectivity index (χ4n) is 3.02. The SMILES string of the molecule is O=C(N[C@H](Cc1ccccc1)C(=O)N1CCCCC1)C1CC1. The van der Waals surface area contributed by atoms with E-state index in [2.05, 4.69) is 5.32 Å². The van der Waals surface area contributed by atoms with Crippen molar-refractivity contribution >= 4 is 11.8 Å². The maximum atomic E-state index is 12.8. The number of likely N-dealkylation sites (tertiary alicyclic amines) is 1. The molecule has 1 heterocycles. The lowest BCUT2D eigenvalue weighted by Gasteiger charge is -2.31. The number of rotatable bonds is 5. The number of carbonyl (C=O) groups is 2. The average Bonchev–Trinajstić information content (AvgIpc) is 3.40. The van der Waals surface area contributed by atoms with Gasteiger partial charge in [0.15, 0.2) is 0 Å².